The third kappa shape index (κ3) is 6.77. The van der Waals surface area contributed by atoms with Crippen molar-refractivity contribution in [2.24, 2.45) is 0 Å². The van der Waals surface area contributed by atoms with Crippen LogP contribution in [0, 0.1) is 0 Å². The SMILES string of the molecule is C[C@H](CBr)OC(=O)c1ccccc1.c1ccccc1. The fraction of sp³-hybridized carbons (Fsp3) is 0.188. The van der Waals surface area contributed by atoms with Gasteiger partial charge in [0.15, 0.2) is 0 Å². The molecule has 1 atom stereocenters. The number of hydrogen-bond acceptors (Lipinski definition) is 2. The van der Waals surface area contributed by atoms with Crippen molar-refractivity contribution in [2.75, 3.05) is 5.33 Å². The number of carbonyl (C=O) groups is 1. The molecule has 2 nitrogen and oxygen atoms in total. The van der Waals surface area contributed by atoms with Crippen molar-refractivity contribution in [3.05, 3.63) is 72.3 Å². The number of carbonyl (C=O) groups excluding carboxylic acids is 1. The molecule has 19 heavy (non-hydrogen) atoms. The third-order valence-electron chi connectivity index (χ3n) is 2.20. The van der Waals surface area contributed by atoms with Crippen molar-refractivity contribution < 1.29 is 9.53 Å². The molecule has 3 heteroatoms. The average molecular weight is 321 g/mol. The molecule has 0 heterocycles. The van der Waals surface area contributed by atoms with Gasteiger partial charge in [0.25, 0.3) is 0 Å². The minimum Gasteiger partial charge on any atom is -0.458 e. The third-order valence-corrected chi connectivity index (χ3v) is 3.11. The van der Waals surface area contributed by atoms with Gasteiger partial charge in [-0.15, -0.1) is 0 Å². The summed E-state index contributed by atoms with van der Waals surface area (Å²) in [7, 11) is 0. The van der Waals surface area contributed by atoms with E-state index in [0.717, 1.165) is 0 Å². The van der Waals surface area contributed by atoms with E-state index in [9.17, 15) is 4.79 Å². The number of benzene rings is 2. The van der Waals surface area contributed by atoms with Crippen LogP contribution in [0.25, 0.3) is 0 Å². The van der Waals surface area contributed by atoms with E-state index in [0.29, 0.717) is 10.9 Å². The molecule has 0 saturated heterocycles. The van der Waals surface area contributed by atoms with Gasteiger partial charge in [0.1, 0.15) is 6.10 Å². The molecule has 0 bridgehead atoms. The second-order valence-corrected chi connectivity index (χ2v) is 4.54. The Kier molecular flexibility index (Phi) is 7.59. The number of esters is 1. The van der Waals surface area contributed by atoms with Gasteiger partial charge in [-0.25, -0.2) is 4.79 Å². The van der Waals surface area contributed by atoms with Crippen LogP contribution in [0.3, 0.4) is 0 Å². The molecular weight excluding hydrogens is 304 g/mol. The van der Waals surface area contributed by atoms with Crippen LogP contribution in [-0.2, 0) is 4.74 Å². The molecule has 2 aromatic carbocycles. The lowest BCUT2D eigenvalue weighted by Gasteiger charge is -2.09. The van der Waals surface area contributed by atoms with Crippen LogP contribution in [0.4, 0.5) is 0 Å². The molecule has 0 aliphatic rings. The Morgan fingerprint density at radius 2 is 1.42 bits per heavy atom. The predicted molar refractivity (Wildman–Crippen MR) is 81.6 cm³/mol. The largest absolute Gasteiger partial charge is 0.458 e. The van der Waals surface area contributed by atoms with Crippen LogP contribution < -0.4 is 0 Å². The summed E-state index contributed by atoms with van der Waals surface area (Å²) in [6.07, 6.45) is -0.0901. The highest BCUT2D eigenvalue weighted by molar-refractivity contribution is 9.09. The average Bonchev–Trinajstić information content (AvgIpc) is 2.50. The van der Waals surface area contributed by atoms with Gasteiger partial charge in [0.2, 0.25) is 0 Å². The topological polar surface area (TPSA) is 26.3 Å². The Bertz CT molecular complexity index is 430. The van der Waals surface area contributed by atoms with Crippen molar-refractivity contribution in [3.63, 3.8) is 0 Å². The van der Waals surface area contributed by atoms with Crippen LogP contribution in [0.15, 0.2) is 66.7 Å². The van der Waals surface area contributed by atoms with Crippen molar-refractivity contribution in [3.8, 4) is 0 Å². The molecule has 0 unspecified atom stereocenters. The number of alkyl halides is 1. The maximum atomic E-state index is 11.4. The zero-order valence-electron chi connectivity index (χ0n) is 10.8. The molecule has 0 amide bonds. The van der Waals surface area contributed by atoms with Gasteiger partial charge in [-0.05, 0) is 19.1 Å². The van der Waals surface area contributed by atoms with Crippen molar-refractivity contribution >= 4 is 21.9 Å². The molecule has 0 spiro atoms. The normalized spacial score (nSPS) is 10.8. The van der Waals surface area contributed by atoms with E-state index in [2.05, 4.69) is 15.9 Å². The highest BCUT2D eigenvalue weighted by Crippen LogP contribution is 2.04. The second-order valence-electron chi connectivity index (χ2n) is 3.89. The Morgan fingerprint density at radius 3 is 1.84 bits per heavy atom. The lowest BCUT2D eigenvalue weighted by atomic mass is 10.2. The van der Waals surface area contributed by atoms with Crippen LogP contribution >= 0.6 is 15.9 Å². The quantitative estimate of drug-likeness (QED) is 0.622. The number of rotatable bonds is 3. The van der Waals surface area contributed by atoms with Gasteiger partial charge in [-0.3, -0.25) is 0 Å². The summed E-state index contributed by atoms with van der Waals surface area (Å²) in [5.41, 5.74) is 0.593. The van der Waals surface area contributed by atoms with Gasteiger partial charge in [0, 0.05) is 5.33 Å². The molecule has 2 rings (SSSR count). The molecule has 0 aliphatic heterocycles. The van der Waals surface area contributed by atoms with Gasteiger partial charge in [0.05, 0.1) is 5.56 Å². The number of ether oxygens (including phenoxy) is 1. The van der Waals surface area contributed by atoms with E-state index >= 15 is 0 Å². The highest BCUT2D eigenvalue weighted by Gasteiger charge is 2.09. The monoisotopic (exact) mass is 320 g/mol. The summed E-state index contributed by atoms with van der Waals surface area (Å²) in [6, 6.07) is 21.0. The van der Waals surface area contributed by atoms with E-state index in [4.69, 9.17) is 4.74 Å². The van der Waals surface area contributed by atoms with Crippen LogP contribution in [0.5, 0.6) is 0 Å². The summed E-state index contributed by atoms with van der Waals surface area (Å²) >= 11 is 3.24. The summed E-state index contributed by atoms with van der Waals surface area (Å²) in [4.78, 5) is 11.4. The van der Waals surface area contributed by atoms with E-state index in [1.807, 2.05) is 61.5 Å². The van der Waals surface area contributed by atoms with Gasteiger partial charge >= 0.3 is 5.97 Å². The molecular formula is C16H17BrO2. The zero-order chi connectivity index (χ0) is 13.9. The molecule has 0 saturated carbocycles. The first kappa shape index (κ1) is 15.4. The maximum absolute atomic E-state index is 11.4. The molecule has 0 aromatic heterocycles. The first-order valence-corrected chi connectivity index (χ1v) is 7.18. The van der Waals surface area contributed by atoms with Crippen molar-refractivity contribution in [2.45, 2.75) is 13.0 Å². The molecule has 2 aromatic rings. The fourth-order valence-corrected chi connectivity index (χ4v) is 1.37. The van der Waals surface area contributed by atoms with E-state index < -0.39 is 0 Å². The maximum Gasteiger partial charge on any atom is 0.338 e. The number of hydrogen-bond donors (Lipinski definition) is 0. The molecule has 0 fully saturated rings. The summed E-state index contributed by atoms with van der Waals surface area (Å²) in [5, 5.41) is 0.658. The molecule has 0 N–H and O–H groups in total. The lowest BCUT2D eigenvalue weighted by molar-refractivity contribution is 0.0388. The molecule has 100 valence electrons. The Hall–Kier alpha value is -1.61. The lowest BCUT2D eigenvalue weighted by Crippen LogP contribution is -2.15. The minimum atomic E-state index is -0.271. The Balaban J connectivity index is 0.000000250. The minimum absolute atomic E-state index is 0.0901. The van der Waals surface area contributed by atoms with Gasteiger partial charge < -0.3 is 4.74 Å². The van der Waals surface area contributed by atoms with E-state index in [-0.39, 0.29) is 12.1 Å². The summed E-state index contributed by atoms with van der Waals surface area (Å²) in [6.45, 7) is 1.84. The fourth-order valence-electron chi connectivity index (χ4n) is 1.24. The number of halogens is 1. The first-order chi connectivity index (χ1) is 9.24. The standard InChI is InChI=1S/C10H11BrO2.C6H6/c1-8(7-11)13-10(12)9-5-3-2-4-6-9;1-2-4-6-5-3-1/h2-6,8H,7H2,1H3;1-6H/t8-;/m1./s1. The van der Waals surface area contributed by atoms with Crippen LogP contribution in [0.2, 0.25) is 0 Å². The second kappa shape index (κ2) is 9.34. The Labute approximate surface area is 122 Å². The Morgan fingerprint density at radius 1 is 1.00 bits per heavy atom. The summed E-state index contributed by atoms with van der Waals surface area (Å²) in [5.74, 6) is -0.271. The van der Waals surface area contributed by atoms with E-state index in [1.165, 1.54) is 0 Å². The summed E-state index contributed by atoms with van der Waals surface area (Å²) < 4.78 is 5.10. The van der Waals surface area contributed by atoms with Crippen molar-refractivity contribution in [1.29, 1.82) is 0 Å². The van der Waals surface area contributed by atoms with Gasteiger partial charge in [-0.2, -0.15) is 0 Å². The highest BCUT2D eigenvalue weighted by atomic mass is 79.9. The molecule has 0 radical (unpaired) electrons. The van der Waals surface area contributed by atoms with Gasteiger partial charge in [-0.1, -0.05) is 70.5 Å². The molecule has 0 aliphatic carbocycles. The zero-order valence-corrected chi connectivity index (χ0v) is 12.4. The van der Waals surface area contributed by atoms with Crippen LogP contribution in [0.1, 0.15) is 17.3 Å². The van der Waals surface area contributed by atoms with Crippen molar-refractivity contribution in [1.82, 2.24) is 0 Å². The first-order valence-electron chi connectivity index (χ1n) is 6.06. The predicted octanol–water partition coefficient (Wildman–Crippen LogP) is 4.31. The van der Waals surface area contributed by atoms with Crippen LogP contribution in [-0.4, -0.2) is 17.4 Å². The van der Waals surface area contributed by atoms with E-state index in [1.54, 1.807) is 12.1 Å². The smallest absolute Gasteiger partial charge is 0.338 e.